The second-order valence-electron chi connectivity index (χ2n) is 1.50. The summed E-state index contributed by atoms with van der Waals surface area (Å²) in [6.45, 7) is 0. The van der Waals surface area contributed by atoms with Crippen LogP contribution in [-0.2, 0) is 0 Å². The first-order chi connectivity index (χ1) is 4.34. The summed E-state index contributed by atoms with van der Waals surface area (Å²) in [5, 5.41) is 1.84. The van der Waals surface area contributed by atoms with Crippen molar-refractivity contribution in [1.29, 1.82) is 0 Å². The fraction of sp³-hybridized carbons (Fsp3) is 0.250. The number of nitrogens with zero attached hydrogens (tertiary/aromatic N) is 1. The third-order valence-electron chi connectivity index (χ3n) is 0.935. The average molecular weight is 145 g/mol. The van der Waals surface area contributed by atoms with E-state index in [9.17, 15) is 4.79 Å². The Hall–Kier alpha value is -0.680. The summed E-state index contributed by atoms with van der Waals surface area (Å²) in [5.41, 5.74) is 2.03. The van der Waals surface area contributed by atoms with E-state index in [1.54, 1.807) is 18.0 Å². The third kappa shape index (κ3) is 1.36. The van der Waals surface area contributed by atoms with E-state index >= 15 is 0 Å². The number of nitrogens with two attached hydrogens (primary N) is 1. The summed E-state index contributed by atoms with van der Waals surface area (Å²) in [5.74, 6) is 5.52. The van der Waals surface area contributed by atoms with Crippen LogP contribution >= 0.6 is 11.8 Å². The van der Waals surface area contributed by atoms with Crippen LogP contribution in [-0.4, -0.2) is 16.8 Å². The van der Waals surface area contributed by atoms with E-state index in [-0.39, 0.29) is 6.03 Å². The lowest BCUT2D eigenvalue weighted by Crippen LogP contribution is -2.39. The zero-order chi connectivity index (χ0) is 6.69. The molecule has 0 aromatic rings. The molecule has 3 N–H and O–H groups in total. The molecule has 0 saturated heterocycles. The van der Waals surface area contributed by atoms with Gasteiger partial charge in [0.15, 0.2) is 0 Å². The van der Waals surface area contributed by atoms with Crippen molar-refractivity contribution < 1.29 is 4.79 Å². The highest BCUT2D eigenvalue weighted by atomic mass is 32.2. The van der Waals surface area contributed by atoms with Crippen LogP contribution in [0.25, 0.3) is 0 Å². The average Bonchev–Trinajstić information content (AvgIpc) is 2.37. The molecule has 2 amide bonds. The molecule has 0 radical (unpaired) electrons. The Balaban J connectivity index is 2.43. The van der Waals surface area contributed by atoms with Gasteiger partial charge in [-0.2, -0.15) is 0 Å². The van der Waals surface area contributed by atoms with Gasteiger partial charge in [0.1, 0.15) is 0 Å². The number of urea groups is 1. The van der Waals surface area contributed by atoms with E-state index in [1.165, 1.54) is 4.90 Å². The molecule has 0 saturated carbocycles. The van der Waals surface area contributed by atoms with Crippen molar-refractivity contribution in [2.75, 3.05) is 5.88 Å². The molecular weight excluding hydrogens is 138 g/mol. The molecule has 1 aliphatic heterocycles. The molecule has 0 atom stereocenters. The van der Waals surface area contributed by atoms with E-state index < -0.39 is 0 Å². The summed E-state index contributed by atoms with van der Waals surface area (Å²) in [6, 6.07) is -0.267. The Morgan fingerprint density at radius 3 is 3.11 bits per heavy atom. The van der Waals surface area contributed by atoms with Crippen molar-refractivity contribution >= 4 is 17.8 Å². The second kappa shape index (κ2) is 2.75. The first kappa shape index (κ1) is 6.44. The number of thioether (sulfide) groups is 1. The van der Waals surface area contributed by atoms with Crippen molar-refractivity contribution in [3.63, 3.8) is 0 Å². The summed E-state index contributed by atoms with van der Waals surface area (Å²) in [4.78, 5) is 12.1. The molecule has 0 aromatic heterocycles. The number of hydrazine groups is 1. The predicted octanol–water partition coefficient (Wildman–Crippen LogP) is 0.0472. The van der Waals surface area contributed by atoms with Gasteiger partial charge >= 0.3 is 6.03 Å². The van der Waals surface area contributed by atoms with Crippen LogP contribution in [0.15, 0.2) is 11.6 Å². The van der Waals surface area contributed by atoms with Crippen molar-refractivity contribution in [3.05, 3.63) is 11.6 Å². The van der Waals surface area contributed by atoms with E-state index in [0.717, 1.165) is 0 Å². The van der Waals surface area contributed by atoms with Gasteiger partial charge in [0.05, 0.1) is 5.88 Å². The lowest BCUT2D eigenvalue weighted by atomic mass is 10.8. The van der Waals surface area contributed by atoms with Gasteiger partial charge in [0.2, 0.25) is 0 Å². The summed E-state index contributed by atoms with van der Waals surface area (Å²) in [7, 11) is 0. The number of hydrogen-bond acceptors (Lipinski definition) is 3. The molecule has 4 nitrogen and oxygen atoms in total. The molecule has 5 heteroatoms. The smallest absolute Gasteiger partial charge is 0.289 e. The maximum atomic E-state index is 10.6. The minimum Gasteiger partial charge on any atom is -0.289 e. The van der Waals surface area contributed by atoms with Crippen molar-refractivity contribution in [2.24, 2.45) is 5.84 Å². The number of nitrogens with one attached hydrogen (secondary N) is 1. The molecule has 0 aliphatic carbocycles. The largest absolute Gasteiger partial charge is 0.336 e. The zero-order valence-electron chi connectivity index (χ0n) is 4.70. The molecule has 9 heavy (non-hydrogen) atoms. The Bertz CT molecular complexity index is 147. The second-order valence-corrected chi connectivity index (χ2v) is 2.36. The third-order valence-corrected chi connectivity index (χ3v) is 1.68. The topological polar surface area (TPSA) is 58.4 Å². The quantitative estimate of drug-likeness (QED) is 0.287. The first-order valence-corrected chi connectivity index (χ1v) is 3.45. The minimum atomic E-state index is -0.267. The normalized spacial score (nSPS) is 16.3. The van der Waals surface area contributed by atoms with Gasteiger partial charge in [-0.15, -0.1) is 11.8 Å². The Morgan fingerprint density at radius 1 is 1.89 bits per heavy atom. The Morgan fingerprint density at radius 2 is 2.67 bits per heavy atom. The molecule has 0 spiro atoms. The number of hydrogen-bond donors (Lipinski definition) is 2. The van der Waals surface area contributed by atoms with Crippen LogP contribution in [0, 0.1) is 0 Å². The van der Waals surface area contributed by atoms with Crippen LogP contribution in [0.4, 0.5) is 4.79 Å². The van der Waals surface area contributed by atoms with E-state index in [4.69, 9.17) is 5.84 Å². The monoisotopic (exact) mass is 145 g/mol. The van der Waals surface area contributed by atoms with Crippen LogP contribution in [0.5, 0.6) is 0 Å². The maximum absolute atomic E-state index is 10.6. The fourth-order valence-electron chi connectivity index (χ4n) is 0.492. The van der Waals surface area contributed by atoms with Crippen LogP contribution in [0.1, 0.15) is 0 Å². The lowest BCUT2D eigenvalue weighted by Gasteiger charge is -2.09. The highest BCUT2D eigenvalue weighted by molar-refractivity contribution is 8.02. The zero-order valence-corrected chi connectivity index (χ0v) is 5.52. The minimum absolute atomic E-state index is 0.267. The molecule has 1 heterocycles. The van der Waals surface area contributed by atoms with Gasteiger partial charge in [-0.05, 0) is 5.41 Å². The first-order valence-electron chi connectivity index (χ1n) is 2.40. The van der Waals surface area contributed by atoms with Gasteiger partial charge in [0, 0.05) is 6.20 Å². The molecule has 1 rings (SSSR count). The lowest BCUT2D eigenvalue weighted by molar-refractivity contribution is 0.221. The van der Waals surface area contributed by atoms with Crippen molar-refractivity contribution in [1.82, 2.24) is 10.3 Å². The van der Waals surface area contributed by atoms with Gasteiger partial charge < -0.3 is 0 Å². The standard InChI is InChI=1S/C4H7N3OS/c5-6-4(8)7-1-2-9-3-7/h1-2H,3,5H2,(H,6,8). The van der Waals surface area contributed by atoms with Crippen LogP contribution in [0.2, 0.25) is 0 Å². The highest BCUT2D eigenvalue weighted by Gasteiger charge is 2.10. The van der Waals surface area contributed by atoms with Crippen molar-refractivity contribution in [3.8, 4) is 0 Å². The molecule has 0 aromatic carbocycles. The molecule has 0 unspecified atom stereocenters. The van der Waals surface area contributed by atoms with Gasteiger partial charge in [0.25, 0.3) is 0 Å². The van der Waals surface area contributed by atoms with Crippen LogP contribution < -0.4 is 11.3 Å². The predicted molar refractivity (Wildman–Crippen MR) is 36.2 cm³/mol. The number of amides is 2. The summed E-state index contributed by atoms with van der Waals surface area (Å²) in [6.07, 6.45) is 1.69. The highest BCUT2D eigenvalue weighted by Crippen LogP contribution is 2.13. The van der Waals surface area contributed by atoms with E-state index in [1.807, 2.05) is 10.8 Å². The Kier molecular flexibility index (Phi) is 1.96. The molecule has 0 fully saturated rings. The number of carbonyl (C=O) groups is 1. The van der Waals surface area contributed by atoms with Gasteiger partial charge in [-0.3, -0.25) is 10.3 Å². The summed E-state index contributed by atoms with van der Waals surface area (Å²) >= 11 is 1.55. The number of rotatable bonds is 0. The molecule has 0 bridgehead atoms. The van der Waals surface area contributed by atoms with E-state index in [2.05, 4.69) is 0 Å². The molecule has 50 valence electrons. The van der Waals surface area contributed by atoms with E-state index in [0.29, 0.717) is 5.88 Å². The van der Waals surface area contributed by atoms with Crippen LogP contribution in [0.3, 0.4) is 0 Å². The number of carbonyl (C=O) groups excluding carboxylic acids is 1. The molecular formula is C4H7N3OS. The SMILES string of the molecule is NNC(=O)N1C=CSC1. The van der Waals surface area contributed by atoms with Crippen molar-refractivity contribution in [2.45, 2.75) is 0 Å². The van der Waals surface area contributed by atoms with Gasteiger partial charge in [-0.25, -0.2) is 10.6 Å². The molecule has 1 aliphatic rings. The Labute approximate surface area is 57.0 Å². The van der Waals surface area contributed by atoms with Gasteiger partial charge in [-0.1, -0.05) is 0 Å². The maximum Gasteiger partial charge on any atom is 0.336 e. The fourth-order valence-corrected chi connectivity index (χ4v) is 1.18. The summed E-state index contributed by atoms with van der Waals surface area (Å²) < 4.78 is 0.